The van der Waals surface area contributed by atoms with Gasteiger partial charge >= 0.3 is 0 Å². The van der Waals surface area contributed by atoms with Crippen LogP contribution in [0, 0.1) is 5.92 Å². The van der Waals surface area contributed by atoms with Crippen molar-refractivity contribution in [2.24, 2.45) is 11.7 Å². The molecule has 1 aliphatic heterocycles. The number of aromatic nitrogens is 2. The maximum atomic E-state index is 13.2. The maximum absolute atomic E-state index is 13.2. The summed E-state index contributed by atoms with van der Waals surface area (Å²) in [5, 5.41) is 8.40. The number of rotatable bonds is 9. The highest BCUT2D eigenvalue weighted by molar-refractivity contribution is 6.11. The van der Waals surface area contributed by atoms with E-state index in [0.717, 1.165) is 50.8 Å². The number of carbonyl (C=O) groups is 2. The molecule has 2 heterocycles. The number of nitrogens with one attached hydrogen (secondary N) is 1. The van der Waals surface area contributed by atoms with Crippen molar-refractivity contribution < 1.29 is 9.59 Å². The Hall–Kier alpha value is -3.52. The van der Waals surface area contributed by atoms with Gasteiger partial charge in [-0.05, 0) is 49.6 Å². The lowest BCUT2D eigenvalue weighted by molar-refractivity contribution is -0.123. The summed E-state index contributed by atoms with van der Waals surface area (Å²) in [6, 6.07) is 14.8. The van der Waals surface area contributed by atoms with Gasteiger partial charge < -0.3 is 11.1 Å². The highest BCUT2D eigenvalue weighted by atomic mass is 16.2. The number of likely N-dealkylation sites (tertiary alicyclic amines) is 1. The van der Waals surface area contributed by atoms with Gasteiger partial charge in [0.2, 0.25) is 5.91 Å². The van der Waals surface area contributed by atoms with E-state index in [9.17, 15) is 14.4 Å². The topological polar surface area (TPSA) is 110 Å². The van der Waals surface area contributed by atoms with Gasteiger partial charge in [0.1, 0.15) is 0 Å². The molecule has 1 unspecified atom stereocenters. The first-order valence-corrected chi connectivity index (χ1v) is 12.4. The second-order valence-corrected chi connectivity index (χ2v) is 9.26. The standard InChI is InChI=1S/C27H33N5O3/c1-2-3-6-16-32-27(35)23-10-5-4-9-22(23)24(30-32)26(34)29-21-13-11-19(12-14-21)17-31-15-7-8-20(18-31)25(28)33/h4-5,9-14,20H,2-3,6-8,15-18H2,1H3,(H2,28,33)(H,29,34). The Morgan fingerprint density at radius 3 is 2.54 bits per heavy atom. The molecule has 184 valence electrons. The van der Waals surface area contributed by atoms with E-state index in [2.05, 4.69) is 22.2 Å². The lowest BCUT2D eigenvalue weighted by Crippen LogP contribution is -2.40. The fraction of sp³-hybridized carbons (Fsp3) is 0.407. The van der Waals surface area contributed by atoms with Crippen LogP contribution in [-0.2, 0) is 17.9 Å². The average molecular weight is 476 g/mol. The summed E-state index contributed by atoms with van der Waals surface area (Å²) in [5.41, 5.74) is 7.31. The van der Waals surface area contributed by atoms with E-state index in [1.807, 2.05) is 24.3 Å². The van der Waals surface area contributed by atoms with E-state index in [4.69, 9.17) is 5.73 Å². The summed E-state index contributed by atoms with van der Waals surface area (Å²) >= 11 is 0. The predicted octanol–water partition coefficient (Wildman–Crippen LogP) is 3.54. The average Bonchev–Trinajstić information content (AvgIpc) is 2.87. The molecule has 1 aromatic heterocycles. The van der Waals surface area contributed by atoms with Gasteiger partial charge in [-0.15, -0.1) is 0 Å². The molecule has 4 rings (SSSR count). The Morgan fingerprint density at radius 1 is 1.09 bits per heavy atom. The number of nitrogens with two attached hydrogens (primary N) is 1. The fourth-order valence-electron chi connectivity index (χ4n) is 4.64. The van der Waals surface area contributed by atoms with Crippen LogP contribution in [0.2, 0.25) is 0 Å². The van der Waals surface area contributed by atoms with Crippen molar-refractivity contribution >= 4 is 28.3 Å². The molecule has 0 spiro atoms. The quantitative estimate of drug-likeness (QED) is 0.460. The first-order valence-electron chi connectivity index (χ1n) is 12.4. The fourth-order valence-corrected chi connectivity index (χ4v) is 4.64. The largest absolute Gasteiger partial charge is 0.369 e. The number of nitrogens with zero attached hydrogens (tertiary/aromatic N) is 3. The minimum Gasteiger partial charge on any atom is -0.369 e. The molecule has 1 aliphatic rings. The van der Waals surface area contributed by atoms with E-state index < -0.39 is 0 Å². The number of carbonyl (C=O) groups excluding carboxylic acids is 2. The first kappa shape index (κ1) is 24.6. The molecule has 0 saturated carbocycles. The molecule has 1 saturated heterocycles. The van der Waals surface area contributed by atoms with Crippen LogP contribution in [0.25, 0.3) is 10.8 Å². The van der Waals surface area contributed by atoms with Gasteiger partial charge in [0.25, 0.3) is 11.5 Å². The first-order chi connectivity index (χ1) is 17.0. The third kappa shape index (κ3) is 5.95. The number of aryl methyl sites for hydroxylation is 1. The zero-order chi connectivity index (χ0) is 24.8. The van der Waals surface area contributed by atoms with Gasteiger partial charge in [0.05, 0.1) is 11.3 Å². The normalized spacial score (nSPS) is 16.3. The van der Waals surface area contributed by atoms with Crippen molar-refractivity contribution in [3.63, 3.8) is 0 Å². The number of primary amides is 1. The second kappa shape index (κ2) is 11.3. The zero-order valence-corrected chi connectivity index (χ0v) is 20.2. The Balaban J connectivity index is 1.48. The van der Waals surface area contributed by atoms with Crippen LogP contribution in [0.15, 0.2) is 53.3 Å². The van der Waals surface area contributed by atoms with E-state index in [1.54, 1.807) is 24.3 Å². The van der Waals surface area contributed by atoms with Crippen molar-refractivity contribution in [3.8, 4) is 0 Å². The molecule has 3 N–H and O–H groups in total. The van der Waals surface area contributed by atoms with E-state index >= 15 is 0 Å². The van der Waals surface area contributed by atoms with Gasteiger partial charge in [-0.1, -0.05) is 50.1 Å². The number of anilines is 1. The summed E-state index contributed by atoms with van der Waals surface area (Å²) in [4.78, 5) is 39.8. The second-order valence-electron chi connectivity index (χ2n) is 9.26. The third-order valence-electron chi connectivity index (χ3n) is 6.58. The Kier molecular flexibility index (Phi) is 7.92. The molecule has 1 atom stereocenters. The maximum Gasteiger partial charge on any atom is 0.276 e. The van der Waals surface area contributed by atoms with Crippen molar-refractivity contribution in [1.29, 1.82) is 0 Å². The van der Waals surface area contributed by atoms with E-state index in [0.29, 0.717) is 29.5 Å². The molecule has 0 bridgehead atoms. The number of hydrogen-bond acceptors (Lipinski definition) is 5. The minimum absolute atomic E-state index is 0.0881. The van der Waals surface area contributed by atoms with E-state index in [-0.39, 0.29) is 29.0 Å². The van der Waals surface area contributed by atoms with Crippen molar-refractivity contribution in [3.05, 3.63) is 70.1 Å². The Labute approximate surface area is 205 Å². The molecular formula is C27H33N5O3. The van der Waals surface area contributed by atoms with Crippen LogP contribution in [0.4, 0.5) is 5.69 Å². The molecule has 2 aromatic carbocycles. The van der Waals surface area contributed by atoms with Gasteiger partial charge in [-0.2, -0.15) is 5.10 Å². The van der Waals surface area contributed by atoms with Crippen molar-refractivity contribution in [2.45, 2.75) is 52.1 Å². The van der Waals surface area contributed by atoms with Crippen LogP contribution in [0.3, 0.4) is 0 Å². The zero-order valence-electron chi connectivity index (χ0n) is 20.2. The lowest BCUT2D eigenvalue weighted by atomic mass is 9.97. The molecule has 0 aliphatic carbocycles. The number of benzene rings is 2. The van der Waals surface area contributed by atoms with Gasteiger partial charge in [-0.3, -0.25) is 19.3 Å². The number of unbranched alkanes of at least 4 members (excludes halogenated alkanes) is 2. The summed E-state index contributed by atoms with van der Waals surface area (Å²) in [6.07, 6.45) is 4.68. The number of fused-ring (bicyclic) bond motifs is 1. The molecule has 35 heavy (non-hydrogen) atoms. The van der Waals surface area contributed by atoms with E-state index in [1.165, 1.54) is 4.68 Å². The smallest absolute Gasteiger partial charge is 0.276 e. The lowest BCUT2D eigenvalue weighted by Gasteiger charge is -2.31. The highest BCUT2D eigenvalue weighted by Crippen LogP contribution is 2.20. The minimum atomic E-state index is -0.349. The molecule has 2 amide bonds. The van der Waals surface area contributed by atoms with Crippen molar-refractivity contribution in [1.82, 2.24) is 14.7 Å². The van der Waals surface area contributed by atoms with Gasteiger partial charge in [-0.25, -0.2) is 4.68 Å². The summed E-state index contributed by atoms with van der Waals surface area (Å²) in [6.45, 7) is 4.94. The van der Waals surface area contributed by atoms with Crippen LogP contribution < -0.4 is 16.6 Å². The number of piperidine rings is 1. The molecule has 0 radical (unpaired) electrons. The SMILES string of the molecule is CCCCCn1nc(C(=O)Nc2ccc(CN3CCCC(C(N)=O)C3)cc2)c2ccccc2c1=O. The predicted molar refractivity (Wildman–Crippen MR) is 137 cm³/mol. The van der Waals surface area contributed by atoms with Crippen molar-refractivity contribution in [2.75, 3.05) is 18.4 Å². The molecule has 1 fully saturated rings. The molecular weight excluding hydrogens is 442 g/mol. The summed E-state index contributed by atoms with van der Waals surface area (Å²) in [7, 11) is 0. The monoisotopic (exact) mass is 475 g/mol. The molecule has 8 heteroatoms. The molecule has 3 aromatic rings. The number of amides is 2. The summed E-state index contributed by atoms with van der Waals surface area (Å²) in [5.74, 6) is -0.668. The van der Waals surface area contributed by atoms with Crippen LogP contribution in [0.5, 0.6) is 0 Å². The van der Waals surface area contributed by atoms with Crippen LogP contribution in [-0.4, -0.2) is 39.6 Å². The Morgan fingerprint density at radius 2 is 1.83 bits per heavy atom. The summed E-state index contributed by atoms with van der Waals surface area (Å²) < 4.78 is 1.41. The van der Waals surface area contributed by atoms with Gasteiger partial charge in [0, 0.05) is 30.7 Å². The number of hydrogen-bond donors (Lipinski definition) is 2. The highest BCUT2D eigenvalue weighted by Gasteiger charge is 2.24. The molecule has 8 nitrogen and oxygen atoms in total. The Bertz CT molecular complexity index is 1250. The van der Waals surface area contributed by atoms with Gasteiger partial charge in [0.15, 0.2) is 5.69 Å². The van der Waals surface area contributed by atoms with Crippen LogP contribution in [0.1, 0.15) is 55.1 Å². The third-order valence-corrected chi connectivity index (χ3v) is 6.58. The van der Waals surface area contributed by atoms with Crippen LogP contribution >= 0.6 is 0 Å².